The third-order valence-electron chi connectivity index (χ3n) is 16.6. The van der Waals surface area contributed by atoms with Gasteiger partial charge in [-0.1, -0.05) is 34.6 Å². The highest BCUT2D eigenvalue weighted by Crippen LogP contribution is 2.89. The van der Waals surface area contributed by atoms with E-state index in [2.05, 4.69) is 39.9 Å². The highest BCUT2D eigenvalue weighted by Gasteiger charge is 2.84. The molecule has 0 aromatic rings. The van der Waals surface area contributed by atoms with Crippen LogP contribution in [0.25, 0.3) is 0 Å². The van der Waals surface area contributed by atoms with Crippen molar-refractivity contribution >= 4 is 5.91 Å². The number of hydrogen-bond acceptors (Lipinski definition) is 8. The average Bonchev–Trinajstić information content (AvgIpc) is 3.61. The van der Waals surface area contributed by atoms with Gasteiger partial charge in [0.2, 0.25) is 5.91 Å². The van der Waals surface area contributed by atoms with E-state index in [1.165, 1.54) is 12.8 Å². The van der Waals surface area contributed by atoms with Gasteiger partial charge in [-0.3, -0.25) is 4.79 Å². The molecule has 2 spiro atoms. The van der Waals surface area contributed by atoms with Crippen LogP contribution in [0.1, 0.15) is 99.8 Å². The molecule has 8 fully saturated rings. The molecule has 3 aliphatic heterocycles. The molecule has 3 heterocycles. The molecule has 0 aromatic heterocycles. The maximum absolute atomic E-state index is 13.0. The molecule has 1 amide bonds. The number of hydrogen-bond donors (Lipinski definition) is 4. The largest absolute Gasteiger partial charge is 0.390 e. The number of morpholine rings is 1. The Bertz CT molecular complexity index is 1270. The van der Waals surface area contributed by atoms with Crippen LogP contribution in [0.2, 0.25) is 0 Å². The van der Waals surface area contributed by atoms with Crippen molar-refractivity contribution in [2.75, 3.05) is 32.8 Å². The average molecular weight is 659 g/mol. The number of aliphatic hydroxyl groups is 3. The smallest absolute Gasteiger partial charge is 0.228 e. The highest BCUT2D eigenvalue weighted by atomic mass is 16.7. The van der Waals surface area contributed by atoms with Gasteiger partial charge in [0.25, 0.3) is 0 Å². The molecule has 5 saturated carbocycles. The number of amides is 1. The van der Waals surface area contributed by atoms with E-state index < -0.39 is 23.9 Å². The first-order valence-electron chi connectivity index (χ1n) is 19.0. The molecule has 8 rings (SSSR count). The van der Waals surface area contributed by atoms with E-state index in [1.807, 2.05) is 4.90 Å². The molecular weight excluding hydrogens is 596 g/mol. The second kappa shape index (κ2) is 10.6. The zero-order valence-corrected chi connectivity index (χ0v) is 30.0. The van der Waals surface area contributed by atoms with Crippen LogP contribution in [-0.4, -0.2) is 101 Å². The Balaban J connectivity index is 1.01. The highest BCUT2D eigenvalue weighted by molar-refractivity contribution is 5.80. The van der Waals surface area contributed by atoms with Gasteiger partial charge in [0.15, 0.2) is 6.29 Å². The van der Waals surface area contributed by atoms with Gasteiger partial charge in [0.1, 0.15) is 6.10 Å². The first-order chi connectivity index (χ1) is 22.0. The van der Waals surface area contributed by atoms with Gasteiger partial charge in [-0.15, -0.1) is 0 Å². The predicted molar refractivity (Wildman–Crippen MR) is 176 cm³/mol. The van der Waals surface area contributed by atoms with Crippen LogP contribution in [0.5, 0.6) is 0 Å². The number of ether oxygens (including phenoxy) is 3. The maximum atomic E-state index is 13.0. The summed E-state index contributed by atoms with van der Waals surface area (Å²) in [4.78, 5) is 14.9. The number of nitrogens with one attached hydrogen (secondary N) is 1. The van der Waals surface area contributed by atoms with Crippen LogP contribution in [0.15, 0.2) is 0 Å². The van der Waals surface area contributed by atoms with E-state index in [0.29, 0.717) is 43.9 Å². The van der Waals surface area contributed by atoms with E-state index in [4.69, 9.17) is 14.2 Å². The van der Waals surface area contributed by atoms with Gasteiger partial charge < -0.3 is 39.7 Å². The van der Waals surface area contributed by atoms with Gasteiger partial charge in [-0.25, -0.2) is 0 Å². The first kappa shape index (κ1) is 33.3. The summed E-state index contributed by atoms with van der Waals surface area (Å²) < 4.78 is 19.6. The fraction of sp³-hybridized carbons (Fsp3) is 0.974. The summed E-state index contributed by atoms with van der Waals surface area (Å²) in [6.07, 6.45) is 6.08. The number of carbonyl (C=O) groups is 1. The minimum absolute atomic E-state index is 0.0116. The van der Waals surface area contributed by atoms with Crippen molar-refractivity contribution in [2.45, 2.75) is 142 Å². The number of carbonyl (C=O) groups excluding carboxylic acids is 1. The Morgan fingerprint density at radius 2 is 1.74 bits per heavy atom. The van der Waals surface area contributed by atoms with Crippen molar-refractivity contribution in [1.29, 1.82) is 0 Å². The zero-order valence-electron chi connectivity index (χ0n) is 30.0. The molecule has 266 valence electrons. The number of nitrogens with zero attached hydrogens (tertiary/aromatic N) is 1. The molecule has 3 saturated heterocycles. The second-order valence-electron chi connectivity index (χ2n) is 19.2. The van der Waals surface area contributed by atoms with Crippen molar-refractivity contribution < 1.29 is 34.3 Å². The van der Waals surface area contributed by atoms with Gasteiger partial charge in [0.05, 0.1) is 49.1 Å². The van der Waals surface area contributed by atoms with Crippen LogP contribution in [-0.2, 0) is 19.0 Å². The molecule has 47 heavy (non-hydrogen) atoms. The monoisotopic (exact) mass is 658 g/mol. The molecule has 0 bridgehead atoms. The molecule has 4 N–H and O–H groups in total. The lowest BCUT2D eigenvalue weighted by Crippen LogP contribution is -2.60. The fourth-order valence-corrected chi connectivity index (χ4v) is 14.0. The summed E-state index contributed by atoms with van der Waals surface area (Å²) in [5.41, 5.74) is -1.04. The Morgan fingerprint density at radius 3 is 2.43 bits per heavy atom. The molecule has 5 aliphatic carbocycles. The van der Waals surface area contributed by atoms with Crippen molar-refractivity contribution in [1.82, 2.24) is 10.2 Å². The SMILES string of the molecule is C[C@@H]1C[C@H]([C@H](O)C(C)(C)O)O[C@H]2C1[C@@]1(C)CC[C@@]34C[C@@]35CC[C@H](OC3CN(C(=O)C6CNC6)CCO3)C(C)(C)[C@@H]5CC[C@H]4[C@]1(C)[C@H]2O. The Hall–Kier alpha value is -0.810. The van der Waals surface area contributed by atoms with Gasteiger partial charge in [0, 0.05) is 25.0 Å². The van der Waals surface area contributed by atoms with Crippen molar-refractivity contribution in [3.63, 3.8) is 0 Å². The summed E-state index contributed by atoms with van der Waals surface area (Å²) in [7, 11) is 0. The second-order valence-corrected chi connectivity index (χ2v) is 19.2. The van der Waals surface area contributed by atoms with Crippen molar-refractivity contribution in [3.05, 3.63) is 0 Å². The lowest BCUT2D eigenvalue weighted by atomic mass is 9.41. The predicted octanol–water partition coefficient (Wildman–Crippen LogP) is 3.72. The van der Waals surface area contributed by atoms with Crippen LogP contribution in [0.3, 0.4) is 0 Å². The quantitative estimate of drug-likeness (QED) is 0.353. The molecule has 2 unspecified atom stereocenters. The van der Waals surface area contributed by atoms with Crippen molar-refractivity contribution in [2.24, 2.45) is 56.7 Å². The van der Waals surface area contributed by atoms with Gasteiger partial charge in [-0.2, -0.15) is 0 Å². The van der Waals surface area contributed by atoms with Crippen LogP contribution >= 0.6 is 0 Å². The lowest BCUT2D eigenvalue weighted by Gasteiger charge is -2.64. The zero-order chi connectivity index (χ0) is 33.5. The molecule has 0 radical (unpaired) electrons. The Morgan fingerprint density at radius 1 is 1.04 bits per heavy atom. The van der Waals surface area contributed by atoms with Crippen molar-refractivity contribution in [3.8, 4) is 0 Å². The third kappa shape index (κ3) is 4.35. The third-order valence-corrected chi connectivity index (χ3v) is 16.6. The summed E-state index contributed by atoms with van der Waals surface area (Å²) >= 11 is 0. The Kier molecular flexibility index (Phi) is 7.53. The molecular formula is C38H62N2O7. The topological polar surface area (TPSA) is 121 Å². The molecule has 9 nitrogen and oxygen atoms in total. The van der Waals surface area contributed by atoms with Gasteiger partial charge in [-0.05, 0) is 111 Å². The van der Waals surface area contributed by atoms with E-state index in [1.54, 1.807) is 13.8 Å². The summed E-state index contributed by atoms with van der Waals surface area (Å²) in [6, 6.07) is 0. The lowest BCUT2D eigenvalue weighted by molar-refractivity contribution is -0.248. The fourth-order valence-electron chi connectivity index (χ4n) is 14.0. The molecule has 14 atom stereocenters. The standard InChI is InChI=1S/C38H62N2O7/c1-21-16-23(30(41)34(4,5)44)46-29-28(21)35(6)12-13-38-20-37(38)11-10-26(33(2,3)24(37)8-9-25(38)36(35,7)31(29)42)47-27-19-40(14-15-45-27)32(43)22-17-39-18-22/h21-31,39,41-42,44H,8-20H2,1-7H3/t21-,23-,24+,25+,26+,27?,28?,29+,30+,31+,35-,36-,37-,38+/m1/s1. The van der Waals surface area contributed by atoms with Gasteiger partial charge >= 0.3 is 0 Å². The maximum Gasteiger partial charge on any atom is 0.228 e. The van der Waals surface area contributed by atoms with Crippen LogP contribution < -0.4 is 5.32 Å². The van der Waals surface area contributed by atoms with Crippen LogP contribution in [0.4, 0.5) is 0 Å². The molecule has 8 aliphatic rings. The van der Waals surface area contributed by atoms with E-state index in [-0.39, 0.29) is 63.3 Å². The Labute approximate surface area is 281 Å². The minimum Gasteiger partial charge on any atom is -0.390 e. The van der Waals surface area contributed by atoms with E-state index in [0.717, 1.165) is 45.2 Å². The first-order valence-corrected chi connectivity index (χ1v) is 19.0. The molecule has 9 heteroatoms. The normalized spacial score (nSPS) is 52.6. The number of rotatable bonds is 5. The number of aliphatic hydroxyl groups excluding tert-OH is 2. The summed E-state index contributed by atoms with van der Waals surface area (Å²) in [6.45, 7) is 18.5. The van der Waals surface area contributed by atoms with E-state index >= 15 is 0 Å². The minimum atomic E-state index is -1.26. The number of fused-ring (bicyclic) bond motifs is 4. The summed E-state index contributed by atoms with van der Waals surface area (Å²) in [5.74, 6) is 1.85. The van der Waals surface area contributed by atoms with Crippen LogP contribution in [0, 0.1) is 56.7 Å². The summed E-state index contributed by atoms with van der Waals surface area (Å²) in [5, 5.41) is 37.3. The molecule has 0 aromatic carbocycles. The van der Waals surface area contributed by atoms with E-state index in [9.17, 15) is 20.1 Å².